The SMILES string of the molecule is O=C(CBr)Nc1ccccc1C(=O)c1cc(Br)ccn1. The third-order valence-electron chi connectivity index (χ3n) is 2.52. The Bertz CT molecular complexity index is 659. The van der Waals surface area contributed by atoms with Crippen LogP contribution in [0.5, 0.6) is 0 Å². The van der Waals surface area contributed by atoms with E-state index in [1.165, 1.54) is 0 Å². The van der Waals surface area contributed by atoms with Crippen LogP contribution >= 0.6 is 31.9 Å². The molecule has 0 atom stereocenters. The molecule has 0 saturated heterocycles. The Morgan fingerprint density at radius 3 is 2.65 bits per heavy atom. The Kier molecular flexibility index (Phi) is 5.03. The van der Waals surface area contributed by atoms with Gasteiger partial charge in [0.1, 0.15) is 5.69 Å². The molecule has 1 heterocycles. The fourth-order valence-corrected chi connectivity index (χ4v) is 2.12. The summed E-state index contributed by atoms with van der Waals surface area (Å²) in [5.41, 5.74) is 1.20. The van der Waals surface area contributed by atoms with Gasteiger partial charge in [-0.1, -0.05) is 44.0 Å². The van der Waals surface area contributed by atoms with Crippen molar-refractivity contribution >= 4 is 49.2 Å². The molecule has 0 spiro atoms. The van der Waals surface area contributed by atoms with Crippen molar-refractivity contribution < 1.29 is 9.59 Å². The molecule has 0 bridgehead atoms. The van der Waals surface area contributed by atoms with Crippen molar-refractivity contribution in [3.05, 3.63) is 58.3 Å². The molecule has 1 aromatic heterocycles. The molecular weight excluding hydrogens is 388 g/mol. The van der Waals surface area contributed by atoms with Gasteiger partial charge in [-0.15, -0.1) is 0 Å². The normalized spacial score (nSPS) is 10.1. The first-order chi connectivity index (χ1) is 9.61. The number of nitrogens with one attached hydrogen (secondary N) is 1. The minimum atomic E-state index is -0.239. The summed E-state index contributed by atoms with van der Waals surface area (Å²) < 4.78 is 0.776. The molecule has 0 fully saturated rings. The van der Waals surface area contributed by atoms with Crippen molar-refractivity contribution in [1.29, 1.82) is 0 Å². The highest BCUT2D eigenvalue weighted by molar-refractivity contribution is 9.10. The van der Waals surface area contributed by atoms with Gasteiger partial charge in [0.15, 0.2) is 0 Å². The zero-order valence-corrected chi connectivity index (χ0v) is 13.4. The van der Waals surface area contributed by atoms with Crippen LogP contribution in [0.1, 0.15) is 16.1 Å². The van der Waals surface area contributed by atoms with E-state index >= 15 is 0 Å². The lowest BCUT2D eigenvalue weighted by Gasteiger charge is -2.09. The lowest BCUT2D eigenvalue weighted by atomic mass is 10.1. The molecule has 20 heavy (non-hydrogen) atoms. The molecule has 1 aromatic carbocycles. The maximum absolute atomic E-state index is 12.4. The minimum Gasteiger partial charge on any atom is -0.325 e. The third kappa shape index (κ3) is 3.52. The first-order valence-corrected chi connectivity index (χ1v) is 7.64. The number of carbonyl (C=O) groups is 2. The Balaban J connectivity index is 2.37. The van der Waals surface area contributed by atoms with Gasteiger partial charge in [-0.25, -0.2) is 0 Å². The highest BCUT2D eigenvalue weighted by Gasteiger charge is 2.15. The van der Waals surface area contributed by atoms with Crippen LogP contribution in [0.2, 0.25) is 0 Å². The number of pyridine rings is 1. The number of carbonyl (C=O) groups excluding carboxylic acids is 2. The van der Waals surface area contributed by atoms with Crippen LogP contribution in [0.4, 0.5) is 5.69 Å². The molecule has 4 nitrogen and oxygen atoms in total. The van der Waals surface area contributed by atoms with Crippen molar-refractivity contribution in [3.8, 4) is 0 Å². The second-order valence-electron chi connectivity index (χ2n) is 3.92. The van der Waals surface area contributed by atoms with E-state index < -0.39 is 0 Å². The van der Waals surface area contributed by atoms with Gasteiger partial charge in [0.05, 0.1) is 11.0 Å². The number of hydrogen-bond donors (Lipinski definition) is 1. The van der Waals surface area contributed by atoms with E-state index in [1.807, 2.05) is 0 Å². The van der Waals surface area contributed by atoms with Gasteiger partial charge in [0.25, 0.3) is 0 Å². The zero-order valence-electron chi connectivity index (χ0n) is 10.3. The van der Waals surface area contributed by atoms with Crippen LogP contribution in [0.3, 0.4) is 0 Å². The monoisotopic (exact) mass is 396 g/mol. The molecule has 0 radical (unpaired) electrons. The summed E-state index contributed by atoms with van der Waals surface area (Å²) in [6, 6.07) is 10.2. The average Bonchev–Trinajstić information content (AvgIpc) is 2.47. The minimum absolute atomic E-state index is 0.171. The zero-order chi connectivity index (χ0) is 14.5. The maximum Gasteiger partial charge on any atom is 0.235 e. The Labute approximate surface area is 132 Å². The molecule has 1 amide bonds. The number of nitrogens with zero attached hydrogens (tertiary/aromatic N) is 1. The van der Waals surface area contributed by atoms with Gasteiger partial charge in [-0.2, -0.15) is 0 Å². The van der Waals surface area contributed by atoms with Crippen LogP contribution in [-0.4, -0.2) is 22.0 Å². The third-order valence-corrected chi connectivity index (χ3v) is 3.52. The first-order valence-electron chi connectivity index (χ1n) is 5.73. The van der Waals surface area contributed by atoms with E-state index in [4.69, 9.17) is 0 Å². The number of hydrogen-bond acceptors (Lipinski definition) is 3. The summed E-state index contributed by atoms with van der Waals surface area (Å²) >= 11 is 6.38. The topological polar surface area (TPSA) is 59.1 Å². The quantitative estimate of drug-likeness (QED) is 0.635. The predicted molar refractivity (Wildman–Crippen MR) is 84.2 cm³/mol. The lowest BCUT2D eigenvalue weighted by molar-refractivity contribution is -0.113. The van der Waals surface area contributed by atoms with E-state index in [0.29, 0.717) is 16.9 Å². The number of alkyl halides is 1. The molecule has 1 N–H and O–H groups in total. The van der Waals surface area contributed by atoms with Crippen molar-refractivity contribution in [3.63, 3.8) is 0 Å². The van der Waals surface area contributed by atoms with Gasteiger partial charge in [-0.05, 0) is 24.3 Å². The number of halogens is 2. The molecule has 2 rings (SSSR count). The number of aromatic nitrogens is 1. The number of para-hydroxylation sites is 1. The molecule has 0 unspecified atom stereocenters. The number of benzene rings is 1. The number of rotatable bonds is 4. The number of ketones is 1. The molecular formula is C14H10Br2N2O2. The molecule has 102 valence electrons. The van der Waals surface area contributed by atoms with Gasteiger partial charge < -0.3 is 5.32 Å². The van der Waals surface area contributed by atoms with E-state index in [2.05, 4.69) is 42.2 Å². The summed E-state index contributed by atoms with van der Waals surface area (Å²) in [6.45, 7) is 0. The predicted octanol–water partition coefficient (Wildman–Crippen LogP) is 3.41. The summed E-state index contributed by atoms with van der Waals surface area (Å²) in [6.07, 6.45) is 1.55. The van der Waals surface area contributed by atoms with Crippen LogP contribution in [0.15, 0.2) is 47.1 Å². The van der Waals surface area contributed by atoms with E-state index in [-0.39, 0.29) is 17.0 Å². The van der Waals surface area contributed by atoms with Gasteiger partial charge in [0.2, 0.25) is 11.7 Å². The van der Waals surface area contributed by atoms with Crippen molar-refractivity contribution in [2.75, 3.05) is 10.6 Å². The van der Waals surface area contributed by atoms with Gasteiger partial charge in [-0.3, -0.25) is 14.6 Å². The highest BCUT2D eigenvalue weighted by atomic mass is 79.9. The van der Waals surface area contributed by atoms with Crippen LogP contribution in [0, 0.1) is 0 Å². The molecule has 6 heteroatoms. The number of amides is 1. The molecule has 2 aromatic rings. The van der Waals surface area contributed by atoms with Crippen molar-refractivity contribution in [2.45, 2.75) is 0 Å². The first kappa shape index (κ1) is 14.9. The van der Waals surface area contributed by atoms with Crippen molar-refractivity contribution in [1.82, 2.24) is 4.98 Å². The average molecular weight is 398 g/mol. The molecule has 0 aliphatic heterocycles. The summed E-state index contributed by atoms with van der Waals surface area (Å²) in [5.74, 6) is -0.454. The fraction of sp³-hybridized carbons (Fsp3) is 0.0714. The van der Waals surface area contributed by atoms with Gasteiger partial charge >= 0.3 is 0 Å². The molecule has 0 saturated carbocycles. The fourth-order valence-electron chi connectivity index (χ4n) is 1.64. The number of anilines is 1. The largest absolute Gasteiger partial charge is 0.325 e. The summed E-state index contributed by atoms with van der Waals surface area (Å²) in [4.78, 5) is 28.0. The Morgan fingerprint density at radius 1 is 1.20 bits per heavy atom. The smallest absolute Gasteiger partial charge is 0.235 e. The Hall–Kier alpha value is -1.53. The standard InChI is InChI=1S/C14H10Br2N2O2/c15-8-13(19)18-11-4-2-1-3-10(11)14(20)12-7-9(16)5-6-17-12/h1-7H,8H2,(H,18,19). The van der Waals surface area contributed by atoms with Crippen molar-refractivity contribution in [2.24, 2.45) is 0 Å². The maximum atomic E-state index is 12.4. The molecule has 0 aliphatic rings. The van der Waals surface area contributed by atoms with E-state index in [9.17, 15) is 9.59 Å². The van der Waals surface area contributed by atoms with Crippen LogP contribution in [-0.2, 0) is 4.79 Å². The van der Waals surface area contributed by atoms with Crippen LogP contribution < -0.4 is 5.32 Å². The van der Waals surface area contributed by atoms with E-state index in [1.54, 1.807) is 42.6 Å². The second kappa shape index (κ2) is 6.76. The highest BCUT2D eigenvalue weighted by Crippen LogP contribution is 2.20. The summed E-state index contributed by atoms with van der Waals surface area (Å²) in [7, 11) is 0. The van der Waals surface area contributed by atoms with Crippen LogP contribution in [0.25, 0.3) is 0 Å². The van der Waals surface area contributed by atoms with E-state index in [0.717, 1.165) is 4.47 Å². The summed E-state index contributed by atoms with van der Waals surface area (Å²) in [5, 5.41) is 2.85. The lowest BCUT2D eigenvalue weighted by Crippen LogP contribution is -2.16. The van der Waals surface area contributed by atoms with Gasteiger partial charge in [0, 0.05) is 16.2 Å². The molecule has 0 aliphatic carbocycles. The second-order valence-corrected chi connectivity index (χ2v) is 5.39. The Morgan fingerprint density at radius 2 is 1.95 bits per heavy atom.